The van der Waals surface area contributed by atoms with Crippen LogP contribution in [-0.4, -0.2) is 88.4 Å². The van der Waals surface area contributed by atoms with Crippen molar-refractivity contribution in [2.45, 2.75) is 87.8 Å². The number of ether oxygens (including phenoxy) is 2. The van der Waals surface area contributed by atoms with Crippen LogP contribution in [0.4, 0.5) is 16.3 Å². The van der Waals surface area contributed by atoms with Gasteiger partial charge in [-0.3, -0.25) is 9.59 Å². The molecule has 3 saturated carbocycles. The Balaban J connectivity index is 1.03. The molecule has 2 aromatic rings. The van der Waals surface area contributed by atoms with Gasteiger partial charge in [-0.1, -0.05) is 11.6 Å². The number of fused-ring (bicyclic) bond motifs is 3. The van der Waals surface area contributed by atoms with E-state index in [2.05, 4.69) is 30.4 Å². The quantitative estimate of drug-likeness (QED) is 0.353. The third-order valence-corrected chi connectivity index (χ3v) is 9.88. The number of carbonyl (C=O) groups excluding carboxylic acids is 2. The van der Waals surface area contributed by atoms with Crippen molar-refractivity contribution in [3.8, 4) is 11.8 Å². The number of carbonyl (C=O) groups is 2. The number of aliphatic hydroxyl groups excluding tert-OH is 1. The molecule has 5 aliphatic rings. The monoisotopic (exact) mass is 645 g/mol. The average Bonchev–Trinajstić information content (AvgIpc) is 3.06. The molecule has 1 atom stereocenters. The van der Waals surface area contributed by atoms with Crippen molar-refractivity contribution in [1.29, 1.82) is 0 Å². The summed E-state index contributed by atoms with van der Waals surface area (Å²) >= 11 is 5.70. The Labute approximate surface area is 267 Å². The summed E-state index contributed by atoms with van der Waals surface area (Å²) in [6.07, 6.45) is 8.28. The summed E-state index contributed by atoms with van der Waals surface area (Å²) in [5.74, 6) is 0.00245. The first-order chi connectivity index (χ1) is 21.7. The van der Waals surface area contributed by atoms with Gasteiger partial charge >= 0.3 is 6.01 Å². The number of aromatic nitrogens is 3. The van der Waals surface area contributed by atoms with Gasteiger partial charge in [-0.25, -0.2) is 4.39 Å². The minimum atomic E-state index is -0.857. The van der Waals surface area contributed by atoms with Gasteiger partial charge in [0, 0.05) is 37.8 Å². The summed E-state index contributed by atoms with van der Waals surface area (Å²) in [6.45, 7) is 2.92. The molecule has 7 rings (SSSR count). The van der Waals surface area contributed by atoms with Crippen molar-refractivity contribution in [1.82, 2.24) is 25.6 Å². The molecule has 3 heterocycles. The number of piperidine rings is 2. The fourth-order valence-corrected chi connectivity index (χ4v) is 7.14. The maximum Gasteiger partial charge on any atom is 0.323 e. The highest BCUT2D eigenvalue weighted by molar-refractivity contribution is 6.30. The molecule has 45 heavy (non-hydrogen) atoms. The topological polar surface area (TPSA) is 142 Å². The zero-order chi connectivity index (χ0) is 31.4. The lowest BCUT2D eigenvalue weighted by Gasteiger charge is -2.56. The average molecular weight is 646 g/mol. The molecule has 5 fully saturated rings. The Bertz CT molecular complexity index is 1340. The zero-order valence-electron chi connectivity index (χ0n) is 25.4. The number of hydrogen-bond acceptors (Lipinski definition) is 10. The van der Waals surface area contributed by atoms with E-state index in [-0.39, 0.29) is 41.8 Å². The third-order valence-electron chi connectivity index (χ3n) is 9.58. The molecule has 1 aromatic carbocycles. The van der Waals surface area contributed by atoms with Crippen LogP contribution in [0.15, 0.2) is 18.2 Å². The van der Waals surface area contributed by atoms with Crippen LogP contribution in [0.3, 0.4) is 0 Å². The number of halogens is 2. The van der Waals surface area contributed by atoms with E-state index in [0.29, 0.717) is 44.0 Å². The molecule has 0 radical (unpaired) electrons. The van der Waals surface area contributed by atoms with E-state index in [4.69, 9.17) is 26.1 Å². The smallest absolute Gasteiger partial charge is 0.323 e. The summed E-state index contributed by atoms with van der Waals surface area (Å²) < 4.78 is 25.0. The number of anilines is 2. The van der Waals surface area contributed by atoms with Gasteiger partial charge in [0.25, 0.3) is 11.8 Å². The second kappa shape index (κ2) is 13.5. The van der Waals surface area contributed by atoms with E-state index in [0.717, 1.165) is 57.9 Å². The highest BCUT2D eigenvalue weighted by atomic mass is 35.5. The number of nitrogens with one attached hydrogen (secondary N) is 2. The highest BCUT2D eigenvalue weighted by Gasteiger charge is 2.55. The molecule has 0 spiro atoms. The number of rotatable bonds is 10. The highest BCUT2D eigenvalue weighted by Crippen LogP contribution is 2.47. The number of benzene rings is 1. The molecule has 14 heteroatoms. The summed E-state index contributed by atoms with van der Waals surface area (Å²) in [5, 5.41) is 17.2. The Hall–Kier alpha value is -3.45. The minimum Gasteiger partial charge on any atom is -0.484 e. The summed E-state index contributed by atoms with van der Waals surface area (Å²) in [7, 11) is 0. The minimum absolute atomic E-state index is 0.0269. The van der Waals surface area contributed by atoms with Gasteiger partial charge in [0.2, 0.25) is 11.9 Å². The van der Waals surface area contributed by atoms with Gasteiger partial charge in [-0.05, 0) is 82.8 Å². The molecule has 2 saturated heterocycles. The Morgan fingerprint density at radius 3 is 2.02 bits per heavy atom. The number of aliphatic hydroxyl groups is 1. The van der Waals surface area contributed by atoms with Crippen LogP contribution >= 0.6 is 11.6 Å². The molecule has 3 N–H and O–H groups in total. The van der Waals surface area contributed by atoms with Crippen LogP contribution in [0, 0.1) is 5.82 Å². The lowest BCUT2D eigenvalue weighted by Crippen LogP contribution is -2.70. The molecule has 3 aliphatic carbocycles. The molecular weight excluding hydrogens is 605 g/mol. The van der Waals surface area contributed by atoms with Gasteiger partial charge in [0.1, 0.15) is 11.6 Å². The van der Waals surface area contributed by atoms with Crippen molar-refractivity contribution in [2.24, 2.45) is 0 Å². The van der Waals surface area contributed by atoms with Crippen molar-refractivity contribution < 1.29 is 28.6 Å². The standard InChI is InChI=1S/C31H41ClFN7O5/c32-22-8-7-21(17-23(22)33)44-19-25(42)37-30-9-11-31(12-10-30,24(41)18-30)38-26(43)20-45-29-35-27(39-13-3-1-4-14-39)34-28(36-29)40-15-5-2-6-16-40/h7-8,17,24,41H,1-6,9-16,18-20H2,(H,37,42)(H,38,43)/t24-,30?,31?/m0/s1. The van der Waals surface area contributed by atoms with Crippen LogP contribution in [0.5, 0.6) is 11.8 Å². The second-order valence-electron chi connectivity index (χ2n) is 12.7. The van der Waals surface area contributed by atoms with Crippen LogP contribution in [0.1, 0.15) is 70.6 Å². The number of hydrogen-bond donors (Lipinski definition) is 3. The lowest BCUT2D eigenvalue weighted by molar-refractivity contribution is -0.137. The SMILES string of the molecule is O=C(COc1ccc(Cl)c(F)c1)NC12CCC(NC(=O)COc3nc(N4CCCCC4)nc(N4CCCCC4)n3)(CC1)[C@@H](O)C2. The molecule has 12 nitrogen and oxygen atoms in total. The maximum absolute atomic E-state index is 13.7. The first-order valence-electron chi connectivity index (χ1n) is 16.0. The summed E-state index contributed by atoms with van der Waals surface area (Å²) in [4.78, 5) is 44.0. The summed E-state index contributed by atoms with van der Waals surface area (Å²) in [6, 6.07) is 4.10. The van der Waals surface area contributed by atoms with Crippen LogP contribution < -0.4 is 29.9 Å². The third kappa shape index (κ3) is 7.35. The van der Waals surface area contributed by atoms with Gasteiger partial charge in [0.15, 0.2) is 13.2 Å². The first-order valence-corrected chi connectivity index (χ1v) is 16.4. The van der Waals surface area contributed by atoms with Crippen molar-refractivity contribution in [3.63, 3.8) is 0 Å². The van der Waals surface area contributed by atoms with E-state index in [1.807, 2.05) is 0 Å². The first kappa shape index (κ1) is 31.5. The molecule has 244 valence electrons. The van der Waals surface area contributed by atoms with E-state index >= 15 is 0 Å². The Morgan fingerprint density at radius 2 is 1.44 bits per heavy atom. The van der Waals surface area contributed by atoms with Crippen LogP contribution in [-0.2, 0) is 9.59 Å². The van der Waals surface area contributed by atoms with E-state index in [9.17, 15) is 19.1 Å². The van der Waals surface area contributed by atoms with E-state index < -0.39 is 23.0 Å². The van der Waals surface area contributed by atoms with Crippen molar-refractivity contribution in [2.75, 3.05) is 49.2 Å². The lowest BCUT2D eigenvalue weighted by atomic mass is 9.60. The fraction of sp³-hybridized carbons (Fsp3) is 0.645. The molecule has 0 unspecified atom stereocenters. The predicted octanol–water partition coefficient (Wildman–Crippen LogP) is 3.15. The van der Waals surface area contributed by atoms with E-state index in [1.54, 1.807) is 0 Å². The fourth-order valence-electron chi connectivity index (χ4n) is 7.02. The summed E-state index contributed by atoms with van der Waals surface area (Å²) in [5.41, 5.74) is -1.41. The molecule has 1 aromatic heterocycles. The molecule has 2 amide bonds. The number of amides is 2. The van der Waals surface area contributed by atoms with Gasteiger partial charge < -0.3 is 35.0 Å². The largest absolute Gasteiger partial charge is 0.484 e. The number of nitrogens with zero attached hydrogens (tertiary/aromatic N) is 5. The zero-order valence-corrected chi connectivity index (χ0v) is 26.2. The van der Waals surface area contributed by atoms with Gasteiger partial charge in [-0.2, -0.15) is 15.0 Å². The Kier molecular flexibility index (Phi) is 9.46. The molecule has 2 aliphatic heterocycles. The van der Waals surface area contributed by atoms with Crippen molar-refractivity contribution in [3.05, 3.63) is 29.0 Å². The predicted molar refractivity (Wildman–Crippen MR) is 165 cm³/mol. The van der Waals surface area contributed by atoms with Crippen LogP contribution in [0.2, 0.25) is 5.02 Å². The molecular formula is C31H41ClFN7O5. The van der Waals surface area contributed by atoms with Gasteiger partial charge in [-0.15, -0.1) is 0 Å². The normalized spacial score (nSPS) is 26.3. The van der Waals surface area contributed by atoms with Gasteiger partial charge in [0.05, 0.1) is 16.7 Å². The maximum atomic E-state index is 13.7. The van der Waals surface area contributed by atoms with Crippen molar-refractivity contribution >= 4 is 35.3 Å². The van der Waals surface area contributed by atoms with E-state index in [1.165, 1.54) is 25.0 Å². The molecule has 2 bridgehead atoms. The Morgan fingerprint density at radius 1 is 0.867 bits per heavy atom. The second-order valence-corrected chi connectivity index (χ2v) is 13.1. The van der Waals surface area contributed by atoms with Crippen LogP contribution in [0.25, 0.3) is 0 Å².